The molecule has 6 nitrogen and oxygen atoms in total. The molecule has 0 amide bonds. The molecule has 7 heteroatoms. The number of hydrogen-bond acceptors (Lipinski definition) is 4. The molecule has 1 aromatic rings. The van der Waals surface area contributed by atoms with E-state index in [1.807, 2.05) is 0 Å². The molecule has 13 heavy (non-hydrogen) atoms. The van der Waals surface area contributed by atoms with Gasteiger partial charge in [-0.3, -0.25) is 5.10 Å². The summed E-state index contributed by atoms with van der Waals surface area (Å²) in [5.74, 6) is 0. The van der Waals surface area contributed by atoms with E-state index in [0.717, 1.165) is 0 Å². The first-order valence-electron chi connectivity index (χ1n) is 3.91. The molecule has 0 aliphatic carbocycles. The van der Waals surface area contributed by atoms with Crippen LogP contribution in [0.1, 0.15) is 0 Å². The van der Waals surface area contributed by atoms with Crippen LogP contribution in [-0.4, -0.2) is 42.7 Å². The van der Waals surface area contributed by atoms with Gasteiger partial charge in [0.25, 0.3) is 0 Å². The van der Waals surface area contributed by atoms with Gasteiger partial charge in [0.2, 0.25) is 10.0 Å². The van der Waals surface area contributed by atoms with Crippen LogP contribution in [0.2, 0.25) is 0 Å². The Morgan fingerprint density at radius 2 is 2.38 bits per heavy atom. The second-order valence-corrected chi connectivity index (χ2v) is 4.71. The van der Waals surface area contributed by atoms with Crippen LogP contribution in [0.5, 0.6) is 0 Å². The van der Waals surface area contributed by atoms with Crippen molar-refractivity contribution >= 4 is 10.0 Å². The van der Waals surface area contributed by atoms with Crippen LogP contribution in [0.4, 0.5) is 0 Å². The van der Waals surface area contributed by atoms with Gasteiger partial charge < -0.3 is 5.32 Å². The minimum atomic E-state index is -3.32. The summed E-state index contributed by atoms with van der Waals surface area (Å²) in [6, 6.07) is 0. The van der Waals surface area contributed by atoms with Crippen molar-refractivity contribution in [3.8, 4) is 0 Å². The van der Waals surface area contributed by atoms with E-state index in [1.54, 1.807) is 0 Å². The van der Waals surface area contributed by atoms with Gasteiger partial charge in [0.1, 0.15) is 4.90 Å². The van der Waals surface area contributed by atoms with Crippen LogP contribution in [-0.2, 0) is 10.0 Å². The number of nitrogens with zero attached hydrogens (tertiary/aromatic N) is 2. The fourth-order valence-corrected chi connectivity index (χ4v) is 2.50. The molecule has 0 spiro atoms. The summed E-state index contributed by atoms with van der Waals surface area (Å²) in [4.78, 5) is 0.219. The highest BCUT2D eigenvalue weighted by molar-refractivity contribution is 7.89. The SMILES string of the molecule is O=S(=O)(c1cn[nH]c1)N1CCNC1. The molecule has 0 aromatic carbocycles. The summed E-state index contributed by atoms with van der Waals surface area (Å²) in [5.41, 5.74) is 0. The normalized spacial score (nSPS) is 19.4. The fourth-order valence-electron chi connectivity index (χ4n) is 1.22. The molecule has 0 atom stereocenters. The summed E-state index contributed by atoms with van der Waals surface area (Å²) >= 11 is 0. The largest absolute Gasteiger partial charge is 0.302 e. The first-order valence-corrected chi connectivity index (χ1v) is 5.35. The van der Waals surface area contributed by atoms with E-state index in [2.05, 4.69) is 15.5 Å². The number of rotatable bonds is 2. The van der Waals surface area contributed by atoms with Crippen molar-refractivity contribution in [1.29, 1.82) is 0 Å². The number of H-pyrrole nitrogens is 1. The molecule has 2 heterocycles. The molecule has 1 aliphatic heterocycles. The van der Waals surface area contributed by atoms with Crippen LogP contribution in [0.25, 0.3) is 0 Å². The van der Waals surface area contributed by atoms with Gasteiger partial charge in [-0.2, -0.15) is 9.40 Å². The second-order valence-electron chi connectivity index (χ2n) is 2.77. The summed E-state index contributed by atoms with van der Waals surface area (Å²) in [7, 11) is -3.32. The Hall–Kier alpha value is -0.920. The molecule has 1 aromatic heterocycles. The number of hydrogen-bond donors (Lipinski definition) is 2. The van der Waals surface area contributed by atoms with Crippen LogP contribution in [0.3, 0.4) is 0 Å². The third-order valence-corrected chi connectivity index (χ3v) is 3.75. The molecular weight excluding hydrogens is 192 g/mol. The molecule has 1 fully saturated rings. The monoisotopic (exact) mass is 202 g/mol. The van der Waals surface area contributed by atoms with Crippen LogP contribution < -0.4 is 5.32 Å². The quantitative estimate of drug-likeness (QED) is 0.642. The molecule has 0 unspecified atom stereocenters. The maximum atomic E-state index is 11.7. The maximum Gasteiger partial charge on any atom is 0.247 e. The van der Waals surface area contributed by atoms with Gasteiger partial charge in [-0.05, 0) is 0 Å². The molecular formula is C6H10N4O2S. The van der Waals surface area contributed by atoms with E-state index < -0.39 is 10.0 Å². The summed E-state index contributed by atoms with van der Waals surface area (Å²) < 4.78 is 24.8. The first-order chi connectivity index (χ1) is 6.21. The Labute approximate surface area is 76.0 Å². The lowest BCUT2D eigenvalue weighted by molar-refractivity contribution is 0.473. The Kier molecular flexibility index (Phi) is 2.06. The second kappa shape index (κ2) is 3.09. The fraction of sp³-hybridized carbons (Fsp3) is 0.500. The number of nitrogens with one attached hydrogen (secondary N) is 2. The van der Waals surface area contributed by atoms with Crippen LogP contribution in [0, 0.1) is 0 Å². The minimum absolute atomic E-state index is 0.219. The third-order valence-electron chi connectivity index (χ3n) is 1.94. The lowest BCUT2D eigenvalue weighted by atomic mass is 10.7. The van der Waals surface area contributed by atoms with Gasteiger partial charge in [-0.15, -0.1) is 0 Å². The lowest BCUT2D eigenvalue weighted by Gasteiger charge is -2.12. The van der Waals surface area contributed by atoms with Gasteiger partial charge in [0.15, 0.2) is 0 Å². The van der Waals surface area contributed by atoms with Crippen LogP contribution >= 0.6 is 0 Å². The number of sulfonamides is 1. The van der Waals surface area contributed by atoms with E-state index in [-0.39, 0.29) is 4.90 Å². The van der Waals surface area contributed by atoms with E-state index >= 15 is 0 Å². The molecule has 72 valence electrons. The third kappa shape index (κ3) is 1.45. The molecule has 2 N–H and O–H groups in total. The molecule has 1 saturated heterocycles. The van der Waals surface area contributed by atoms with Gasteiger partial charge in [0, 0.05) is 19.3 Å². The summed E-state index contributed by atoms with van der Waals surface area (Å²) in [6.45, 7) is 1.61. The van der Waals surface area contributed by atoms with Crippen molar-refractivity contribution in [3.05, 3.63) is 12.4 Å². The van der Waals surface area contributed by atoms with E-state index in [9.17, 15) is 8.42 Å². The topological polar surface area (TPSA) is 78.1 Å². The van der Waals surface area contributed by atoms with Crippen molar-refractivity contribution in [1.82, 2.24) is 19.8 Å². The number of aromatic nitrogens is 2. The number of aromatic amines is 1. The van der Waals surface area contributed by atoms with E-state index in [1.165, 1.54) is 16.7 Å². The highest BCUT2D eigenvalue weighted by Gasteiger charge is 2.27. The van der Waals surface area contributed by atoms with Crippen molar-refractivity contribution in [2.24, 2.45) is 0 Å². The average molecular weight is 202 g/mol. The first kappa shape index (κ1) is 8.67. The molecule has 0 radical (unpaired) electrons. The lowest BCUT2D eigenvalue weighted by Crippen LogP contribution is -2.29. The van der Waals surface area contributed by atoms with Crippen LogP contribution in [0.15, 0.2) is 17.3 Å². The zero-order valence-corrected chi connectivity index (χ0v) is 7.71. The van der Waals surface area contributed by atoms with Crippen molar-refractivity contribution in [2.75, 3.05) is 19.8 Å². The zero-order chi connectivity index (χ0) is 9.31. The average Bonchev–Trinajstić information content (AvgIpc) is 2.78. The van der Waals surface area contributed by atoms with Crippen molar-refractivity contribution in [2.45, 2.75) is 4.90 Å². The Morgan fingerprint density at radius 1 is 1.54 bits per heavy atom. The maximum absolute atomic E-state index is 11.7. The standard InChI is InChI=1S/C6H10N4O2S/c11-13(12,6-3-8-9-4-6)10-2-1-7-5-10/h3-4,7H,1-2,5H2,(H,8,9). The van der Waals surface area contributed by atoms with Gasteiger partial charge in [0.05, 0.1) is 12.9 Å². The molecule has 2 rings (SSSR count). The van der Waals surface area contributed by atoms with Crippen molar-refractivity contribution < 1.29 is 8.42 Å². The molecule has 0 bridgehead atoms. The Morgan fingerprint density at radius 3 is 2.92 bits per heavy atom. The van der Waals surface area contributed by atoms with Gasteiger partial charge >= 0.3 is 0 Å². The predicted octanol–water partition coefficient (Wildman–Crippen LogP) is -1.04. The van der Waals surface area contributed by atoms with E-state index in [0.29, 0.717) is 19.8 Å². The highest BCUT2D eigenvalue weighted by Crippen LogP contribution is 2.13. The molecule has 0 saturated carbocycles. The summed E-state index contributed by atoms with van der Waals surface area (Å²) in [6.07, 6.45) is 2.70. The van der Waals surface area contributed by atoms with Gasteiger partial charge in [-0.25, -0.2) is 8.42 Å². The van der Waals surface area contributed by atoms with E-state index in [4.69, 9.17) is 0 Å². The molecule has 1 aliphatic rings. The Balaban J connectivity index is 2.30. The zero-order valence-electron chi connectivity index (χ0n) is 6.90. The smallest absolute Gasteiger partial charge is 0.247 e. The minimum Gasteiger partial charge on any atom is -0.302 e. The Bertz CT molecular complexity index is 365. The van der Waals surface area contributed by atoms with Gasteiger partial charge in [-0.1, -0.05) is 0 Å². The summed E-state index contributed by atoms with van der Waals surface area (Å²) in [5, 5.41) is 9.05. The van der Waals surface area contributed by atoms with Crippen molar-refractivity contribution in [3.63, 3.8) is 0 Å². The highest BCUT2D eigenvalue weighted by atomic mass is 32.2. The predicted molar refractivity (Wildman–Crippen MR) is 45.3 cm³/mol.